The lowest BCUT2D eigenvalue weighted by atomic mass is 10.1. The summed E-state index contributed by atoms with van der Waals surface area (Å²) in [6.45, 7) is 1.22. The van der Waals surface area contributed by atoms with Gasteiger partial charge in [0, 0.05) is 39.6 Å². The summed E-state index contributed by atoms with van der Waals surface area (Å²) in [4.78, 5) is 25.9. The van der Waals surface area contributed by atoms with Gasteiger partial charge in [-0.25, -0.2) is 4.79 Å². The molecule has 0 unspecified atom stereocenters. The summed E-state index contributed by atoms with van der Waals surface area (Å²) >= 11 is 0. The van der Waals surface area contributed by atoms with E-state index in [9.17, 15) is 14.9 Å². The minimum absolute atomic E-state index is 0.00137. The molecular weight excluding hydrogens is 272 g/mol. The Kier molecular flexibility index (Phi) is 2.90. The van der Waals surface area contributed by atoms with Gasteiger partial charge in [-0.05, 0) is 6.07 Å². The fourth-order valence-corrected chi connectivity index (χ4v) is 2.59. The van der Waals surface area contributed by atoms with Crippen LogP contribution in [0, 0.1) is 11.3 Å². The van der Waals surface area contributed by atoms with Crippen LogP contribution in [0.15, 0.2) is 28.0 Å². The maximum Gasteiger partial charge on any atom is 0.332 e. The second kappa shape index (κ2) is 4.63. The number of rotatable bonds is 2. The zero-order valence-corrected chi connectivity index (χ0v) is 11.7. The van der Waals surface area contributed by atoms with Crippen molar-refractivity contribution in [1.29, 1.82) is 5.26 Å². The highest BCUT2D eigenvalue weighted by Crippen LogP contribution is 2.27. The van der Waals surface area contributed by atoms with E-state index in [1.807, 2.05) is 27.9 Å². The van der Waals surface area contributed by atoms with E-state index in [1.165, 1.54) is 11.6 Å². The molecule has 3 rings (SSSR count). The van der Waals surface area contributed by atoms with Crippen LogP contribution in [0.2, 0.25) is 0 Å². The average Bonchev–Trinajstić information content (AvgIpc) is 2.94. The molecule has 0 bridgehead atoms. The van der Waals surface area contributed by atoms with Crippen molar-refractivity contribution in [2.75, 3.05) is 18.0 Å². The minimum Gasteiger partial charge on any atom is -0.352 e. The van der Waals surface area contributed by atoms with Crippen molar-refractivity contribution in [2.24, 2.45) is 14.1 Å². The van der Waals surface area contributed by atoms with Crippen LogP contribution in [0.5, 0.6) is 0 Å². The highest BCUT2D eigenvalue weighted by molar-refractivity contribution is 5.55. The van der Waals surface area contributed by atoms with Crippen molar-refractivity contribution in [2.45, 2.75) is 6.04 Å². The number of aromatic nitrogens is 4. The van der Waals surface area contributed by atoms with Gasteiger partial charge < -0.3 is 4.90 Å². The lowest BCUT2D eigenvalue weighted by Crippen LogP contribution is -2.52. The van der Waals surface area contributed by atoms with Gasteiger partial charge in [-0.15, -0.1) is 0 Å². The molecule has 108 valence electrons. The summed E-state index contributed by atoms with van der Waals surface area (Å²) < 4.78 is 4.13. The molecule has 8 heteroatoms. The predicted octanol–water partition coefficient (Wildman–Crippen LogP) is -0.787. The van der Waals surface area contributed by atoms with Crippen molar-refractivity contribution in [1.82, 2.24) is 18.9 Å². The third kappa shape index (κ3) is 1.86. The molecule has 8 nitrogen and oxygen atoms in total. The minimum atomic E-state index is -0.557. The molecule has 1 aliphatic heterocycles. The molecule has 1 saturated heterocycles. The summed E-state index contributed by atoms with van der Waals surface area (Å²) in [6.07, 6.45) is 3.58. The Balaban J connectivity index is 2.00. The van der Waals surface area contributed by atoms with E-state index in [2.05, 4.69) is 5.10 Å². The van der Waals surface area contributed by atoms with E-state index in [-0.39, 0.29) is 11.6 Å². The Hall–Kier alpha value is -2.82. The molecule has 0 aromatic carbocycles. The first-order valence-electron chi connectivity index (χ1n) is 6.48. The van der Waals surface area contributed by atoms with Crippen molar-refractivity contribution in [3.05, 3.63) is 44.9 Å². The first-order chi connectivity index (χ1) is 10.0. The van der Waals surface area contributed by atoms with Gasteiger partial charge in [-0.2, -0.15) is 10.4 Å². The van der Waals surface area contributed by atoms with E-state index < -0.39 is 11.2 Å². The number of nitrogens with zero attached hydrogens (tertiary/aromatic N) is 6. The second-order valence-electron chi connectivity index (χ2n) is 5.06. The molecular formula is C13H14N6O2. The quantitative estimate of drug-likeness (QED) is 0.722. The summed E-state index contributed by atoms with van der Waals surface area (Å²) in [5.41, 5.74) is -0.992. The standard InChI is InChI=1S/C13H14N6O2/c1-16-11(10(6-14)12(20)17(2)13(16)21)18-7-9(8-18)19-5-3-4-15-19/h3-5,9H,7-8H2,1-2H3. The summed E-state index contributed by atoms with van der Waals surface area (Å²) in [5.74, 6) is 0.383. The van der Waals surface area contributed by atoms with Crippen molar-refractivity contribution in [3.8, 4) is 6.07 Å². The van der Waals surface area contributed by atoms with Crippen LogP contribution in [0.25, 0.3) is 0 Å². The average molecular weight is 286 g/mol. The molecule has 0 amide bonds. The third-order valence-electron chi connectivity index (χ3n) is 3.81. The van der Waals surface area contributed by atoms with E-state index in [0.29, 0.717) is 18.9 Å². The topological polar surface area (TPSA) is 88.8 Å². The zero-order chi connectivity index (χ0) is 15.1. The van der Waals surface area contributed by atoms with Crippen LogP contribution in [-0.4, -0.2) is 32.0 Å². The summed E-state index contributed by atoms with van der Waals surface area (Å²) in [6, 6.07) is 3.94. The normalized spacial score (nSPS) is 14.8. The molecule has 2 aromatic heterocycles. The Bertz CT molecular complexity index is 833. The van der Waals surface area contributed by atoms with Gasteiger partial charge in [-0.1, -0.05) is 0 Å². The van der Waals surface area contributed by atoms with Gasteiger partial charge >= 0.3 is 5.69 Å². The Morgan fingerprint density at radius 1 is 1.29 bits per heavy atom. The molecule has 0 radical (unpaired) electrons. The van der Waals surface area contributed by atoms with Crippen LogP contribution >= 0.6 is 0 Å². The second-order valence-corrected chi connectivity index (χ2v) is 5.06. The largest absolute Gasteiger partial charge is 0.352 e. The summed E-state index contributed by atoms with van der Waals surface area (Å²) in [7, 11) is 2.94. The van der Waals surface area contributed by atoms with Crippen LogP contribution < -0.4 is 16.1 Å². The maximum absolute atomic E-state index is 12.0. The monoisotopic (exact) mass is 286 g/mol. The lowest BCUT2D eigenvalue weighted by Gasteiger charge is -2.41. The number of hydrogen-bond donors (Lipinski definition) is 0. The van der Waals surface area contributed by atoms with Gasteiger partial charge in [0.1, 0.15) is 11.9 Å². The van der Waals surface area contributed by atoms with Gasteiger partial charge in [0.25, 0.3) is 5.56 Å². The molecule has 0 atom stereocenters. The smallest absolute Gasteiger partial charge is 0.332 e. The fraction of sp³-hybridized carbons (Fsp3) is 0.385. The third-order valence-corrected chi connectivity index (χ3v) is 3.81. The van der Waals surface area contributed by atoms with Gasteiger partial charge in [0.05, 0.1) is 6.04 Å². The molecule has 0 aliphatic carbocycles. The first kappa shape index (κ1) is 13.2. The SMILES string of the molecule is Cn1c(N2CC(n3cccn3)C2)c(C#N)c(=O)n(C)c1=O. The molecule has 21 heavy (non-hydrogen) atoms. The molecule has 0 N–H and O–H groups in total. The first-order valence-corrected chi connectivity index (χ1v) is 6.48. The van der Waals surface area contributed by atoms with E-state index in [4.69, 9.17) is 0 Å². The van der Waals surface area contributed by atoms with Crippen LogP contribution in [-0.2, 0) is 14.1 Å². The lowest BCUT2D eigenvalue weighted by molar-refractivity contribution is 0.361. The molecule has 3 heterocycles. The van der Waals surface area contributed by atoms with E-state index in [1.54, 1.807) is 13.2 Å². The van der Waals surface area contributed by atoms with Gasteiger partial charge in [0.2, 0.25) is 0 Å². The number of nitriles is 1. The highest BCUT2D eigenvalue weighted by atomic mass is 16.2. The van der Waals surface area contributed by atoms with Crippen molar-refractivity contribution in [3.63, 3.8) is 0 Å². The van der Waals surface area contributed by atoms with Crippen molar-refractivity contribution >= 4 is 5.82 Å². The molecule has 2 aromatic rings. The Morgan fingerprint density at radius 2 is 2.00 bits per heavy atom. The summed E-state index contributed by atoms with van der Waals surface area (Å²) in [5, 5.41) is 13.4. The van der Waals surface area contributed by atoms with E-state index in [0.717, 1.165) is 4.57 Å². The van der Waals surface area contributed by atoms with Crippen LogP contribution in [0.4, 0.5) is 5.82 Å². The van der Waals surface area contributed by atoms with E-state index >= 15 is 0 Å². The Morgan fingerprint density at radius 3 is 2.57 bits per heavy atom. The molecule has 1 aliphatic rings. The van der Waals surface area contributed by atoms with Crippen molar-refractivity contribution < 1.29 is 0 Å². The maximum atomic E-state index is 12.0. The predicted molar refractivity (Wildman–Crippen MR) is 75.1 cm³/mol. The highest BCUT2D eigenvalue weighted by Gasteiger charge is 2.33. The van der Waals surface area contributed by atoms with Crippen LogP contribution in [0.1, 0.15) is 11.6 Å². The van der Waals surface area contributed by atoms with Gasteiger partial charge in [0.15, 0.2) is 5.56 Å². The molecule has 0 saturated carbocycles. The molecule has 0 spiro atoms. The molecule has 1 fully saturated rings. The number of hydrogen-bond acceptors (Lipinski definition) is 5. The number of anilines is 1. The fourth-order valence-electron chi connectivity index (χ4n) is 2.59. The van der Waals surface area contributed by atoms with Gasteiger partial charge in [-0.3, -0.25) is 18.6 Å². The van der Waals surface area contributed by atoms with Crippen LogP contribution in [0.3, 0.4) is 0 Å². The Labute approximate surface area is 120 Å². The zero-order valence-electron chi connectivity index (χ0n) is 11.7.